The first kappa shape index (κ1) is 16.2. The van der Waals surface area contributed by atoms with E-state index >= 15 is 0 Å². The van der Waals surface area contributed by atoms with Crippen molar-refractivity contribution >= 4 is 29.1 Å². The van der Waals surface area contributed by atoms with E-state index in [0.29, 0.717) is 4.88 Å². The second-order valence-corrected chi connectivity index (χ2v) is 6.18. The van der Waals surface area contributed by atoms with Crippen molar-refractivity contribution in [1.82, 2.24) is 16.0 Å². The number of thiophene rings is 1. The van der Waals surface area contributed by atoms with Crippen LogP contribution >= 0.6 is 11.3 Å². The van der Waals surface area contributed by atoms with Gasteiger partial charge in [0.25, 0.3) is 5.91 Å². The summed E-state index contributed by atoms with van der Waals surface area (Å²) >= 11 is 1.30. The normalized spacial score (nSPS) is 10.8. The summed E-state index contributed by atoms with van der Waals surface area (Å²) in [6, 6.07) is 3.44. The Balaban J connectivity index is 2.24. The number of nitrogens with one attached hydrogen (secondary N) is 3. The quantitative estimate of drug-likeness (QED) is 0.740. The van der Waals surface area contributed by atoms with Crippen molar-refractivity contribution in [2.45, 2.75) is 26.3 Å². The molecular formula is C13H19N3O3S. The topological polar surface area (TPSA) is 87.3 Å². The molecule has 1 aromatic rings. The van der Waals surface area contributed by atoms with E-state index in [1.165, 1.54) is 11.3 Å². The van der Waals surface area contributed by atoms with Gasteiger partial charge >= 0.3 is 0 Å². The van der Waals surface area contributed by atoms with Gasteiger partial charge < -0.3 is 16.0 Å². The Morgan fingerprint density at radius 1 is 1.10 bits per heavy atom. The lowest BCUT2D eigenvalue weighted by Gasteiger charge is -2.20. The zero-order valence-corrected chi connectivity index (χ0v) is 12.6. The molecule has 0 spiro atoms. The monoisotopic (exact) mass is 297 g/mol. The molecule has 0 saturated heterocycles. The van der Waals surface area contributed by atoms with Crippen molar-refractivity contribution in [1.29, 1.82) is 0 Å². The largest absolute Gasteiger partial charge is 0.350 e. The van der Waals surface area contributed by atoms with Gasteiger partial charge in [0.1, 0.15) is 0 Å². The summed E-state index contributed by atoms with van der Waals surface area (Å²) in [5.74, 6) is -0.969. The highest BCUT2D eigenvalue weighted by atomic mass is 32.1. The highest BCUT2D eigenvalue weighted by Gasteiger charge is 2.14. The predicted octanol–water partition coefficient (Wildman–Crippen LogP) is 0.509. The van der Waals surface area contributed by atoms with Crippen molar-refractivity contribution in [3.8, 4) is 0 Å². The average molecular weight is 297 g/mol. The van der Waals surface area contributed by atoms with E-state index in [9.17, 15) is 14.4 Å². The van der Waals surface area contributed by atoms with E-state index in [1.54, 1.807) is 17.5 Å². The molecule has 1 heterocycles. The molecule has 6 nitrogen and oxygen atoms in total. The minimum Gasteiger partial charge on any atom is -0.350 e. The maximum Gasteiger partial charge on any atom is 0.261 e. The van der Waals surface area contributed by atoms with Crippen LogP contribution in [0.25, 0.3) is 0 Å². The van der Waals surface area contributed by atoms with Gasteiger partial charge in [-0.05, 0) is 32.2 Å². The molecule has 1 rings (SSSR count). The van der Waals surface area contributed by atoms with Crippen molar-refractivity contribution in [2.75, 3.05) is 13.1 Å². The van der Waals surface area contributed by atoms with Crippen LogP contribution in [0.1, 0.15) is 30.4 Å². The summed E-state index contributed by atoms with van der Waals surface area (Å²) in [5.41, 5.74) is -0.338. The Kier molecular flexibility index (Phi) is 5.69. The smallest absolute Gasteiger partial charge is 0.261 e. The minimum absolute atomic E-state index is 0.106. The molecule has 0 aromatic carbocycles. The van der Waals surface area contributed by atoms with E-state index in [0.717, 1.165) is 0 Å². The lowest BCUT2D eigenvalue weighted by Crippen LogP contribution is -2.47. The minimum atomic E-state index is -0.404. The fraction of sp³-hybridized carbons (Fsp3) is 0.462. The van der Waals surface area contributed by atoms with Gasteiger partial charge in [-0.3, -0.25) is 14.4 Å². The van der Waals surface area contributed by atoms with Gasteiger partial charge in [-0.25, -0.2) is 0 Å². The molecule has 0 fully saturated rings. The summed E-state index contributed by atoms with van der Waals surface area (Å²) in [7, 11) is 0. The van der Waals surface area contributed by atoms with Crippen LogP contribution in [0, 0.1) is 0 Å². The molecule has 3 N–H and O–H groups in total. The van der Waals surface area contributed by atoms with Crippen LogP contribution in [-0.2, 0) is 9.59 Å². The Morgan fingerprint density at radius 3 is 2.30 bits per heavy atom. The molecule has 20 heavy (non-hydrogen) atoms. The second kappa shape index (κ2) is 7.04. The molecule has 0 radical (unpaired) electrons. The zero-order valence-electron chi connectivity index (χ0n) is 11.8. The molecule has 0 aliphatic heterocycles. The van der Waals surface area contributed by atoms with Crippen LogP contribution in [0.2, 0.25) is 0 Å². The summed E-state index contributed by atoms with van der Waals surface area (Å²) in [4.78, 5) is 35.1. The van der Waals surface area contributed by atoms with Crippen molar-refractivity contribution in [3.05, 3.63) is 22.4 Å². The molecular weight excluding hydrogens is 278 g/mol. The number of hydrogen-bond acceptors (Lipinski definition) is 4. The highest BCUT2D eigenvalue weighted by molar-refractivity contribution is 7.12. The fourth-order valence-electron chi connectivity index (χ4n) is 1.36. The van der Waals surface area contributed by atoms with E-state index in [-0.39, 0.29) is 30.4 Å². The Morgan fingerprint density at radius 2 is 1.75 bits per heavy atom. The first-order valence-corrected chi connectivity index (χ1v) is 7.05. The van der Waals surface area contributed by atoms with Crippen molar-refractivity contribution < 1.29 is 14.4 Å². The number of carbonyl (C=O) groups excluding carboxylic acids is 3. The molecule has 0 atom stereocenters. The molecule has 0 unspecified atom stereocenters. The maximum atomic E-state index is 11.6. The van der Waals surface area contributed by atoms with Gasteiger partial charge in [0, 0.05) is 5.54 Å². The van der Waals surface area contributed by atoms with E-state index in [1.807, 2.05) is 20.8 Å². The molecule has 3 amide bonds. The van der Waals surface area contributed by atoms with Crippen LogP contribution in [0.3, 0.4) is 0 Å². The van der Waals surface area contributed by atoms with Gasteiger partial charge in [0.2, 0.25) is 11.8 Å². The standard InChI is InChI=1S/C13H19N3O3S/c1-13(2,3)16-11(18)8-14-10(17)7-15-12(19)9-5-4-6-20-9/h4-6H,7-8H2,1-3H3,(H,14,17)(H,15,19)(H,16,18). The van der Waals surface area contributed by atoms with Gasteiger partial charge in [-0.15, -0.1) is 11.3 Å². The van der Waals surface area contributed by atoms with E-state index in [2.05, 4.69) is 16.0 Å². The Bertz CT molecular complexity index is 478. The second-order valence-electron chi connectivity index (χ2n) is 5.23. The van der Waals surface area contributed by atoms with Gasteiger partial charge in [-0.1, -0.05) is 6.07 Å². The molecule has 110 valence electrons. The Labute approximate surface area is 121 Å². The number of carbonyl (C=O) groups is 3. The zero-order chi connectivity index (χ0) is 15.2. The third kappa shape index (κ3) is 6.33. The van der Waals surface area contributed by atoms with E-state index in [4.69, 9.17) is 0 Å². The van der Waals surface area contributed by atoms with Gasteiger partial charge in [0.15, 0.2) is 0 Å². The number of rotatable bonds is 5. The van der Waals surface area contributed by atoms with Crippen LogP contribution in [0.15, 0.2) is 17.5 Å². The maximum absolute atomic E-state index is 11.6. The first-order chi connectivity index (χ1) is 9.28. The summed E-state index contributed by atoms with van der Waals surface area (Å²) < 4.78 is 0. The molecule has 7 heteroatoms. The van der Waals surface area contributed by atoms with Crippen LogP contribution in [0.4, 0.5) is 0 Å². The molecule has 0 saturated carbocycles. The van der Waals surface area contributed by atoms with Gasteiger partial charge in [0.05, 0.1) is 18.0 Å². The summed E-state index contributed by atoms with van der Waals surface area (Å²) in [6.07, 6.45) is 0. The molecule has 0 aliphatic carbocycles. The lowest BCUT2D eigenvalue weighted by molar-refractivity contribution is -0.126. The van der Waals surface area contributed by atoms with Gasteiger partial charge in [-0.2, -0.15) is 0 Å². The number of hydrogen-bond donors (Lipinski definition) is 3. The lowest BCUT2D eigenvalue weighted by atomic mass is 10.1. The first-order valence-electron chi connectivity index (χ1n) is 6.17. The average Bonchev–Trinajstić information content (AvgIpc) is 2.85. The molecule has 1 aromatic heterocycles. The van der Waals surface area contributed by atoms with Crippen molar-refractivity contribution in [3.63, 3.8) is 0 Å². The summed E-state index contributed by atoms with van der Waals surface area (Å²) in [5, 5.41) is 9.43. The van der Waals surface area contributed by atoms with E-state index < -0.39 is 5.91 Å². The molecule has 0 aliphatic rings. The third-order valence-electron chi connectivity index (χ3n) is 2.12. The van der Waals surface area contributed by atoms with Crippen molar-refractivity contribution in [2.24, 2.45) is 0 Å². The fourth-order valence-corrected chi connectivity index (χ4v) is 2.00. The van der Waals surface area contributed by atoms with Crippen LogP contribution in [-0.4, -0.2) is 36.3 Å². The Hall–Kier alpha value is -1.89. The van der Waals surface area contributed by atoms with Crippen LogP contribution < -0.4 is 16.0 Å². The SMILES string of the molecule is CC(C)(C)NC(=O)CNC(=O)CNC(=O)c1cccs1. The van der Waals surface area contributed by atoms with Crippen LogP contribution in [0.5, 0.6) is 0 Å². The number of amides is 3. The summed E-state index contributed by atoms with van der Waals surface area (Å²) in [6.45, 7) is 5.31. The predicted molar refractivity (Wildman–Crippen MR) is 77.6 cm³/mol. The molecule has 0 bridgehead atoms. The third-order valence-corrected chi connectivity index (χ3v) is 2.98. The highest BCUT2D eigenvalue weighted by Crippen LogP contribution is 2.07.